The van der Waals surface area contributed by atoms with Crippen molar-refractivity contribution in [2.45, 2.75) is 85.5 Å². The third-order valence-corrected chi connectivity index (χ3v) is 10.3. The molecule has 0 N–H and O–H groups in total. The Kier molecular flexibility index (Phi) is 7.63. The average molecular weight is 366 g/mol. The first-order chi connectivity index (χ1) is 11.0. The molecule has 0 fully saturated rings. The molecule has 0 bridgehead atoms. The van der Waals surface area contributed by atoms with Crippen molar-refractivity contribution in [3.05, 3.63) is 33.3 Å². The maximum atomic E-state index is 6.74. The minimum atomic E-state index is -1.81. The zero-order valence-corrected chi connectivity index (χ0v) is 18.8. The molecule has 24 heavy (non-hydrogen) atoms. The summed E-state index contributed by atoms with van der Waals surface area (Å²) in [4.78, 5) is 4.57. The second-order valence-corrected chi connectivity index (χ2v) is 14.0. The van der Waals surface area contributed by atoms with E-state index in [1.807, 2.05) is 6.92 Å². The molecule has 2 nitrogen and oxygen atoms in total. The van der Waals surface area contributed by atoms with Crippen LogP contribution in [-0.4, -0.2) is 19.4 Å². The summed E-state index contributed by atoms with van der Waals surface area (Å²) in [6.45, 7) is 20.2. The quantitative estimate of drug-likeness (QED) is 0.383. The fourth-order valence-corrected chi connectivity index (χ4v) is 4.00. The molecule has 136 valence electrons. The molecule has 0 radical (unpaired) electrons. The third kappa shape index (κ3) is 6.30. The highest BCUT2D eigenvalue weighted by molar-refractivity contribution is 7.09. The summed E-state index contributed by atoms with van der Waals surface area (Å²) in [6.07, 6.45) is 6.70. The van der Waals surface area contributed by atoms with Crippen LogP contribution >= 0.6 is 11.3 Å². The van der Waals surface area contributed by atoms with Crippen molar-refractivity contribution in [3.8, 4) is 0 Å². The molecule has 0 aliphatic heterocycles. The fraction of sp³-hybridized carbons (Fsp3) is 0.650. The van der Waals surface area contributed by atoms with Gasteiger partial charge >= 0.3 is 0 Å². The molecule has 0 saturated heterocycles. The molecule has 0 aliphatic carbocycles. The van der Waals surface area contributed by atoms with Gasteiger partial charge in [-0.15, -0.1) is 11.3 Å². The summed E-state index contributed by atoms with van der Waals surface area (Å²) in [7, 11) is -1.81. The first-order valence-corrected chi connectivity index (χ1v) is 12.7. The number of aromatic nitrogens is 1. The van der Waals surface area contributed by atoms with Gasteiger partial charge in [-0.1, -0.05) is 39.3 Å². The topological polar surface area (TPSA) is 22.1 Å². The molecule has 1 aromatic heterocycles. The van der Waals surface area contributed by atoms with Crippen LogP contribution in [0.2, 0.25) is 18.1 Å². The van der Waals surface area contributed by atoms with E-state index in [0.29, 0.717) is 0 Å². The smallest absolute Gasteiger partial charge is 0.192 e. The molecule has 0 aliphatic rings. The van der Waals surface area contributed by atoms with Crippen LogP contribution in [0.1, 0.15) is 65.1 Å². The van der Waals surface area contributed by atoms with E-state index < -0.39 is 8.32 Å². The van der Waals surface area contributed by atoms with Crippen LogP contribution in [0.5, 0.6) is 0 Å². The summed E-state index contributed by atoms with van der Waals surface area (Å²) >= 11 is 1.70. The SMILES string of the molecule is CC/C(C)=C\C[C@H](O[Si](C)(C)C(C)(C)C)/C(C)=C/c1csc(C)n1. The van der Waals surface area contributed by atoms with E-state index in [9.17, 15) is 0 Å². The number of hydrogen-bond donors (Lipinski definition) is 0. The van der Waals surface area contributed by atoms with Crippen molar-refractivity contribution in [2.75, 3.05) is 0 Å². The van der Waals surface area contributed by atoms with E-state index in [1.54, 1.807) is 11.3 Å². The lowest BCUT2D eigenvalue weighted by Gasteiger charge is -2.39. The number of nitrogens with zero attached hydrogens (tertiary/aromatic N) is 1. The number of hydrogen-bond acceptors (Lipinski definition) is 3. The molecule has 1 rings (SSSR count). The molecular formula is C20H35NOSSi. The molecule has 4 heteroatoms. The highest BCUT2D eigenvalue weighted by Gasteiger charge is 2.39. The van der Waals surface area contributed by atoms with Gasteiger partial charge < -0.3 is 4.43 Å². The molecule has 1 heterocycles. The van der Waals surface area contributed by atoms with Gasteiger partial charge in [-0.2, -0.15) is 0 Å². The Balaban J connectivity index is 3.06. The molecule has 0 saturated carbocycles. The van der Waals surface area contributed by atoms with Crippen molar-refractivity contribution < 1.29 is 4.43 Å². The van der Waals surface area contributed by atoms with Crippen LogP contribution < -0.4 is 0 Å². The Labute approximate surface area is 154 Å². The lowest BCUT2D eigenvalue weighted by atomic mass is 10.1. The van der Waals surface area contributed by atoms with Gasteiger partial charge in [0.1, 0.15) is 0 Å². The van der Waals surface area contributed by atoms with Crippen molar-refractivity contribution in [1.29, 1.82) is 0 Å². The Morgan fingerprint density at radius 3 is 2.42 bits per heavy atom. The monoisotopic (exact) mass is 365 g/mol. The summed E-state index contributed by atoms with van der Waals surface area (Å²) in [5.74, 6) is 0. The van der Waals surface area contributed by atoms with Crippen LogP contribution in [0, 0.1) is 6.92 Å². The van der Waals surface area contributed by atoms with Gasteiger partial charge in [0, 0.05) is 5.38 Å². The molecule has 0 spiro atoms. The van der Waals surface area contributed by atoms with E-state index in [0.717, 1.165) is 23.5 Å². The Morgan fingerprint density at radius 1 is 1.33 bits per heavy atom. The molecule has 0 amide bonds. The molecular weight excluding hydrogens is 330 g/mol. The minimum Gasteiger partial charge on any atom is -0.410 e. The number of aryl methyl sites for hydroxylation is 1. The Bertz CT molecular complexity index is 593. The third-order valence-electron chi connectivity index (χ3n) is 5.00. The zero-order valence-electron chi connectivity index (χ0n) is 17.0. The van der Waals surface area contributed by atoms with Crippen molar-refractivity contribution >= 4 is 25.7 Å². The van der Waals surface area contributed by atoms with Crippen LogP contribution in [0.4, 0.5) is 0 Å². The van der Waals surface area contributed by atoms with Gasteiger partial charge in [0.2, 0.25) is 0 Å². The summed E-state index contributed by atoms with van der Waals surface area (Å²) in [6, 6.07) is 0. The van der Waals surface area contributed by atoms with Crippen LogP contribution in [-0.2, 0) is 4.43 Å². The summed E-state index contributed by atoms with van der Waals surface area (Å²) in [5, 5.41) is 3.44. The van der Waals surface area contributed by atoms with Crippen molar-refractivity contribution in [3.63, 3.8) is 0 Å². The first-order valence-electron chi connectivity index (χ1n) is 8.90. The van der Waals surface area contributed by atoms with Gasteiger partial charge in [0.15, 0.2) is 8.32 Å². The normalized spacial score (nSPS) is 15.7. The molecule has 0 unspecified atom stereocenters. The predicted molar refractivity (Wildman–Crippen MR) is 111 cm³/mol. The number of rotatable bonds is 7. The summed E-state index contributed by atoms with van der Waals surface area (Å²) in [5.41, 5.74) is 3.75. The predicted octanol–water partition coefficient (Wildman–Crippen LogP) is 6.99. The fourth-order valence-electron chi connectivity index (χ4n) is 2.08. The van der Waals surface area contributed by atoms with E-state index in [1.165, 1.54) is 11.1 Å². The van der Waals surface area contributed by atoms with Crippen molar-refractivity contribution in [2.24, 2.45) is 0 Å². The van der Waals surface area contributed by atoms with Gasteiger partial charge in [-0.3, -0.25) is 0 Å². The molecule has 1 aromatic rings. The maximum absolute atomic E-state index is 6.74. The van der Waals surface area contributed by atoms with Crippen molar-refractivity contribution in [1.82, 2.24) is 4.98 Å². The van der Waals surface area contributed by atoms with Crippen LogP contribution in [0.25, 0.3) is 6.08 Å². The molecule has 0 aromatic carbocycles. The highest BCUT2D eigenvalue weighted by atomic mass is 32.1. The number of allylic oxidation sites excluding steroid dienone is 1. The minimum absolute atomic E-state index is 0.134. The zero-order chi connectivity index (χ0) is 18.5. The second kappa shape index (κ2) is 8.59. The lowest BCUT2D eigenvalue weighted by molar-refractivity contribution is 0.217. The van der Waals surface area contributed by atoms with E-state index in [4.69, 9.17) is 4.43 Å². The average Bonchev–Trinajstić information content (AvgIpc) is 2.86. The Morgan fingerprint density at radius 2 is 1.96 bits per heavy atom. The Hall–Kier alpha value is -0.713. The van der Waals surface area contributed by atoms with E-state index >= 15 is 0 Å². The van der Waals surface area contributed by atoms with E-state index in [-0.39, 0.29) is 11.1 Å². The maximum Gasteiger partial charge on any atom is 0.192 e. The standard InChI is InChI=1S/C20H35NOSSi/c1-10-15(2)11-12-19(22-24(8,9)20(5,6)7)16(3)13-18-14-23-17(4)21-18/h11,13-14,19H,10,12H2,1-9H3/b15-11-,16-13+/t19-/m0/s1. The van der Waals surface area contributed by atoms with Gasteiger partial charge in [-0.25, -0.2) is 4.98 Å². The largest absolute Gasteiger partial charge is 0.410 e. The summed E-state index contributed by atoms with van der Waals surface area (Å²) < 4.78 is 6.74. The lowest BCUT2D eigenvalue weighted by Crippen LogP contribution is -2.44. The van der Waals surface area contributed by atoms with Crippen LogP contribution in [0.3, 0.4) is 0 Å². The highest BCUT2D eigenvalue weighted by Crippen LogP contribution is 2.38. The van der Waals surface area contributed by atoms with E-state index in [2.05, 4.69) is 77.2 Å². The van der Waals surface area contributed by atoms with Gasteiger partial charge in [0.05, 0.1) is 16.8 Å². The second-order valence-electron chi connectivity index (χ2n) is 8.19. The van der Waals surface area contributed by atoms with Crippen LogP contribution in [0.15, 0.2) is 22.6 Å². The van der Waals surface area contributed by atoms with Gasteiger partial charge in [0.25, 0.3) is 0 Å². The first kappa shape index (κ1) is 21.3. The van der Waals surface area contributed by atoms with Gasteiger partial charge in [-0.05, 0) is 63.4 Å². The molecule has 1 atom stereocenters. The number of thiazole rings is 1.